The molecule has 2 fully saturated rings. The summed E-state index contributed by atoms with van der Waals surface area (Å²) >= 11 is 0. The molecule has 23 heavy (non-hydrogen) atoms. The van der Waals surface area contributed by atoms with Crippen molar-refractivity contribution in [3.8, 4) is 11.5 Å². The highest BCUT2D eigenvalue weighted by molar-refractivity contribution is 5.78. The van der Waals surface area contributed by atoms with Crippen LogP contribution in [0.3, 0.4) is 0 Å². The summed E-state index contributed by atoms with van der Waals surface area (Å²) in [6.07, 6.45) is 7.29. The van der Waals surface area contributed by atoms with Gasteiger partial charge in [-0.3, -0.25) is 4.79 Å². The Balaban J connectivity index is 2.04. The van der Waals surface area contributed by atoms with E-state index in [1.165, 1.54) is 32.1 Å². The quantitative estimate of drug-likeness (QED) is 0.760. The highest BCUT2D eigenvalue weighted by Gasteiger charge is 2.43. The van der Waals surface area contributed by atoms with E-state index in [-0.39, 0.29) is 5.41 Å². The Bertz CT molecular complexity index is 575. The van der Waals surface area contributed by atoms with Crippen LogP contribution in [-0.2, 0) is 5.41 Å². The lowest BCUT2D eigenvalue weighted by Gasteiger charge is -2.48. The minimum Gasteiger partial charge on any atom is -0.493 e. The molecule has 0 aromatic heterocycles. The van der Waals surface area contributed by atoms with Gasteiger partial charge in [-0.1, -0.05) is 13.8 Å². The minimum atomic E-state index is 0.0609. The van der Waals surface area contributed by atoms with Gasteiger partial charge in [-0.2, -0.15) is 0 Å². The molecule has 1 aromatic carbocycles. The Kier molecular flexibility index (Phi) is 4.39. The van der Waals surface area contributed by atoms with Crippen molar-refractivity contribution in [3.63, 3.8) is 0 Å². The lowest BCUT2D eigenvalue weighted by molar-refractivity contribution is 0.0883. The van der Waals surface area contributed by atoms with E-state index in [0.717, 1.165) is 35.4 Å². The van der Waals surface area contributed by atoms with E-state index >= 15 is 0 Å². The first-order valence-electron chi connectivity index (χ1n) is 8.70. The summed E-state index contributed by atoms with van der Waals surface area (Å²) < 4.78 is 11.2. The summed E-state index contributed by atoms with van der Waals surface area (Å²) in [7, 11) is 3.33. The second kappa shape index (κ2) is 6.18. The van der Waals surface area contributed by atoms with Crippen LogP contribution >= 0.6 is 0 Å². The molecule has 0 N–H and O–H groups in total. The number of carbonyl (C=O) groups is 1. The molecule has 1 aromatic rings. The third-order valence-electron chi connectivity index (χ3n) is 5.90. The standard InChI is InChI=1S/C20H28O3/c1-13-5-14-7-15(6-13)11-20(2,10-14)17-8-16(12-21)9-18(22-3)19(17)23-4/h8-9,12-15H,5-7,10-11H2,1-4H3. The van der Waals surface area contributed by atoms with E-state index in [0.29, 0.717) is 11.3 Å². The van der Waals surface area contributed by atoms with Gasteiger partial charge in [0.25, 0.3) is 0 Å². The van der Waals surface area contributed by atoms with Gasteiger partial charge in [0.15, 0.2) is 11.5 Å². The number of benzene rings is 1. The van der Waals surface area contributed by atoms with Crippen molar-refractivity contribution >= 4 is 6.29 Å². The average Bonchev–Trinajstić information content (AvgIpc) is 2.51. The number of hydrogen-bond donors (Lipinski definition) is 0. The number of rotatable bonds is 4. The molecule has 0 amide bonds. The maximum Gasteiger partial charge on any atom is 0.164 e. The molecule has 0 heterocycles. The van der Waals surface area contributed by atoms with Crippen LogP contribution in [0, 0.1) is 17.8 Å². The smallest absolute Gasteiger partial charge is 0.164 e. The zero-order chi connectivity index (χ0) is 16.6. The Morgan fingerprint density at radius 1 is 1.09 bits per heavy atom. The Labute approximate surface area is 139 Å². The van der Waals surface area contributed by atoms with Crippen molar-refractivity contribution in [3.05, 3.63) is 23.3 Å². The maximum absolute atomic E-state index is 11.4. The number of carbonyl (C=O) groups excluding carboxylic acids is 1. The van der Waals surface area contributed by atoms with Crippen molar-refractivity contribution in [1.29, 1.82) is 0 Å². The van der Waals surface area contributed by atoms with Gasteiger partial charge in [-0.25, -0.2) is 0 Å². The summed E-state index contributed by atoms with van der Waals surface area (Å²) in [5.74, 6) is 3.89. The summed E-state index contributed by atoms with van der Waals surface area (Å²) in [6.45, 7) is 4.73. The molecule has 3 rings (SSSR count). The molecular weight excluding hydrogens is 288 g/mol. The van der Waals surface area contributed by atoms with Crippen molar-refractivity contribution in [2.24, 2.45) is 17.8 Å². The van der Waals surface area contributed by atoms with Gasteiger partial charge in [0.2, 0.25) is 0 Å². The molecule has 0 saturated heterocycles. The first-order valence-corrected chi connectivity index (χ1v) is 8.70. The van der Waals surface area contributed by atoms with Crippen LogP contribution < -0.4 is 9.47 Å². The minimum absolute atomic E-state index is 0.0609. The SMILES string of the molecule is COc1cc(C=O)cc(C2(C)CC3CC(C)CC(C3)C2)c1OC. The van der Waals surface area contributed by atoms with E-state index in [1.54, 1.807) is 20.3 Å². The van der Waals surface area contributed by atoms with Crippen LogP contribution in [-0.4, -0.2) is 20.5 Å². The van der Waals surface area contributed by atoms with Gasteiger partial charge in [0.1, 0.15) is 6.29 Å². The fourth-order valence-corrected chi connectivity index (χ4v) is 5.31. The average molecular weight is 316 g/mol. The molecule has 3 nitrogen and oxygen atoms in total. The van der Waals surface area contributed by atoms with Crippen molar-refractivity contribution in [1.82, 2.24) is 0 Å². The van der Waals surface area contributed by atoms with Crippen LogP contribution in [0.4, 0.5) is 0 Å². The molecule has 2 unspecified atom stereocenters. The lowest BCUT2D eigenvalue weighted by atomic mass is 9.57. The summed E-state index contributed by atoms with van der Waals surface area (Å²) in [4.78, 5) is 11.4. The van der Waals surface area contributed by atoms with E-state index in [1.807, 2.05) is 6.07 Å². The molecule has 2 atom stereocenters. The fourth-order valence-electron chi connectivity index (χ4n) is 5.31. The Morgan fingerprint density at radius 2 is 1.74 bits per heavy atom. The number of aldehydes is 1. The number of ether oxygens (including phenoxy) is 2. The molecule has 3 heteroatoms. The molecule has 2 saturated carbocycles. The second-order valence-corrected chi connectivity index (χ2v) is 7.94. The van der Waals surface area contributed by atoms with E-state index < -0.39 is 0 Å². The van der Waals surface area contributed by atoms with Crippen LogP contribution in [0.25, 0.3) is 0 Å². The molecule has 0 aliphatic heterocycles. The van der Waals surface area contributed by atoms with E-state index in [2.05, 4.69) is 13.8 Å². The van der Waals surface area contributed by atoms with Crippen molar-refractivity contribution < 1.29 is 14.3 Å². The number of methoxy groups -OCH3 is 2. The highest BCUT2D eigenvalue weighted by Crippen LogP contribution is 2.54. The zero-order valence-corrected chi connectivity index (χ0v) is 14.7. The number of fused-ring (bicyclic) bond motifs is 2. The van der Waals surface area contributed by atoms with Crippen molar-refractivity contribution in [2.45, 2.75) is 51.4 Å². The summed E-state index contributed by atoms with van der Waals surface area (Å²) in [5.41, 5.74) is 1.87. The molecular formula is C20H28O3. The molecule has 0 radical (unpaired) electrons. The predicted octanol–water partition coefficient (Wildman–Crippen LogP) is 4.62. The molecule has 2 aliphatic carbocycles. The molecule has 126 valence electrons. The second-order valence-electron chi connectivity index (χ2n) is 7.94. The largest absolute Gasteiger partial charge is 0.493 e. The van der Waals surface area contributed by atoms with Crippen LogP contribution in [0.15, 0.2) is 12.1 Å². The highest BCUT2D eigenvalue weighted by atomic mass is 16.5. The summed E-state index contributed by atoms with van der Waals surface area (Å²) in [5, 5.41) is 0. The molecule has 0 spiro atoms. The van der Waals surface area contributed by atoms with Gasteiger partial charge >= 0.3 is 0 Å². The Morgan fingerprint density at radius 3 is 2.26 bits per heavy atom. The van der Waals surface area contributed by atoms with Crippen LogP contribution in [0.5, 0.6) is 11.5 Å². The fraction of sp³-hybridized carbons (Fsp3) is 0.650. The normalized spacial score (nSPS) is 33.1. The number of hydrogen-bond acceptors (Lipinski definition) is 3. The maximum atomic E-state index is 11.4. The van der Waals surface area contributed by atoms with Gasteiger partial charge in [0.05, 0.1) is 14.2 Å². The third kappa shape index (κ3) is 2.98. The van der Waals surface area contributed by atoms with Gasteiger partial charge in [-0.15, -0.1) is 0 Å². The lowest BCUT2D eigenvalue weighted by Crippen LogP contribution is -2.39. The van der Waals surface area contributed by atoms with Gasteiger partial charge in [0, 0.05) is 11.1 Å². The monoisotopic (exact) mass is 316 g/mol. The van der Waals surface area contributed by atoms with E-state index in [9.17, 15) is 4.79 Å². The van der Waals surface area contributed by atoms with Gasteiger partial charge < -0.3 is 9.47 Å². The Hall–Kier alpha value is -1.51. The van der Waals surface area contributed by atoms with Crippen LogP contribution in [0.2, 0.25) is 0 Å². The van der Waals surface area contributed by atoms with E-state index in [4.69, 9.17) is 9.47 Å². The van der Waals surface area contributed by atoms with Crippen LogP contribution in [0.1, 0.15) is 61.9 Å². The zero-order valence-electron chi connectivity index (χ0n) is 14.7. The van der Waals surface area contributed by atoms with Gasteiger partial charge in [-0.05, 0) is 67.4 Å². The third-order valence-corrected chi connectivity index (χ3v) is 5.90. The molecule has 2 aliphatic rings. The summed E-state index contributed by atoms with van der Waals surface area (Å²) in [6, 6.07) is 3.78. The predicted molar refractivity (Wildman–Crippen MR) is 91.5 cm³/mol. The topological polar surface area (TPSA) is 35.5 Å². The first kappa shape index (κ1) is 16.4. The van der Waals surface area contributed by atoms with Crippen molar-refractivity contribution in [2.75, 3.05) is 14.2 Å². The first-order chi connectivity index (χ1) is 11.0. The molecule has 2 bridgehead atoms.